The Hall–Kier alpha value is -2.75. The Balaban J connectivity index is 1.34. The number of H-pyrrole nitrogens is 1. The van der Waals surface area contributed by atoms with E-state index in [2.05, 4.69) is 14.8 Å². The van der Waals surface area contributed by atoms with E-state index in [0.717, 1.165) is 63.6 Å². The van der Waals surface area contributed by atoms with Gasteiger partial charge in [0.25, 0.3) is 5.91 Å². The minimum atomic E-state index is -0.358. The van der Waals surface area contributed by atoms with Crippen LogP contribution in [0.1, 0.15) is 34.3 Å². The molecule has 0 radical (unpaired) electrons. The molecule has 5 rings (SSSR count). The fraction of sp³-hybridized carbons (Fsp3) is 0.448. The van der Waals surface area contributed by atoms with Crippen LogP contribution in [0, 0.1) is 0 Å². The minimum Gasteiger partial charge on any atom is -0.379 e. The smallest absolute Gasteiger partial charge is 0.261 e. The number of benzene rings is 2. The molecule has 38 heavy (non-hydrogen) atoms. The second-order valence-corrected chi connectivity index (χ2v) is 10.5. The summed E-state index contributed by atoms with van der Waals surface area (Å²) in [7, 11) is 0. The zero-order valence-electron chi connectivity index (χ0n) is 21.7. The molecule has 0 bridgehead atoms. The van der Waals surface area contributed by atoms with Crippen LogP contribution in [0.3, 0.4) is 0 Å². The monoisotopic (exact) mass is 538 g/mol. The van der Waals surface area contributed by atoms with Crippen molar-refractivity contribution in [3.63, 3.8) is 0 Å². The van der Waals surface area contributed by atoms with E-state index in [1.54, 1.807) is 17.0 Å². The molecule has 0 atom stereocenters. The summed E-state index contributed by atoms with van der Waals surface area (Å²) in [4.78, 5) is 36.7. The lowest BCUT2D eigenvalue weighted by molar-refractivity contribution is 0.0156. The highest BCUT2D eigenvalue weighted by Crippen LogP contribution is 2.17. The van der Waals surface area contributed by atoms with Crippen LogP contribution in [0.4, 0.5) is 0 Å². The summed E-state index contributed by atoms with van der Waals surface area (Å²) in [5.74, 6) is -0.358. The summed E-state index contributed by atoms with van der Waals surface area (Å²) < 4.78 is 11.4. The number of morpholine rings is 1. The number of halogens is 1. The zero-order valence-corrected chi connectivity index (χ0v) is 22.4. The molecule has 8 nitrogen and oxygen atoms in total. The number of carbonyl (C=O) groups excluding carboxylic acids is 1. The fourth-order valence-electron chi connectivity index (χ4n) is 5.07. The second-order valence-electron chi connectivity index (χ2n) is 10.0. The third-order valence-corrected chi connectivity index (χ3v) is 7.51. The fourth-order valence-corrected chi connectivity index (χ4v) is 5.20. The standard InChI is InChI=1S/C29H35ClN4O4/c30-24-6-3-22(4-7-24)20-34(21-38-16-11-32-9-1-2-10-32)29(36)26-18-31-27-8-5-23(17-25(27)28(26)35)19-33-12-14-37-15-13-33/h3-8,17-18H,1-2,9-16,19-21H2,(H,31,35). The van der Waals surface area contributed by atoms with Crippen molar-refractivity contribution in [2.24, 2.45) is 0 Å². The molecule has 0 spiro atoms. The number of likely N-dealkylation sites (tertiary alicyclic amines) is 1. The molecule has 3 aromatic rings. The number of hydrogen-bond donors (Lipinski definition) is 1. The largest absolute Gasteiger partial charge is 0.379 e. The average molecular weight is 539 g/mol. The van der Waals surface area contributed by atoms with Gasteiger partial charge in [-0.1, -0.05) is 29.8 Å². The maximum absolute atomic E-state index is 13.7. The Morgan fingerprint density at radius 3 is 2.50 bits per heavy atom. The molecule has 0 unspecified atom stereocenters. The van der Waals surface area contributed by atoms with Crippen LogP contribution in [0.15, 0.2) is 53.5 Å². The van der Waals surface area contributed by atoms with E-state index in [1.807, 2.05) is 30.3 Å². The molecular formula is C29H35ClN4O4. The molecule has 0 saturated carbocycles. The predicted octanol–water partition coefficient (Wildman–Crippen LogP) is 3.73. The van der Waals surface area contributed by atoms with Crippen molar-refractivity contribution in [3.05, 3.63) is 80.6 Å². The van der Waals surface area contributed by atoms with Gasteiger partial charge >= 0.3 is 0 Å². The van der Waals surface area contributed by atoms with Crippen molar-refractivity contribution in [3.8, 4) is 0 Å². The molecule has 2 aliphatic heterocycles. The Bertz CT molecular complexity index is 1280. The first-order valence-corrected chi connectivity index (χ1v) is 13.7. The van der Waals surface area contributed by atoms with Crippen LogP contribution in [-0.2, 0) is 22.6 Å². The zero-order chi connectivity index (χ0) is 26.3. The molecular weight excluding hydrogens is 504 g/mol. The molecule has 0 aliphatic carbocycles. The van der Waals surface area contributed by atoms with E-state index in [1.165, 1.54) is 19.0 Å². The van der Waals surface area contributed by atoms with Crippen molar-refractivity contribution < 1.29 is 14.3 Å². The van der Waals surface area contributed by atoms with Gasteiger partial charge in [0.2, 0.25) is 5.43 Å². The lowest BCUT2D eigenvalue weighted by Crippen LogP contribution is -2.37. The van der Waals surface area contributed by atoms with Gasteiger partial charge in [0.1, 0.15) is 12.3 Å². The Morgan fingerprint density at radius 1 is 1.00 bits per heavy atom. The van der Waals surface area contributed by atoms with Gasteiger partial charge in [-0.15, -0.1) is 0 Å². The number of carbonyl (C=O) groups is 1. The van der Waals surface area contributed by atoms with E-state index in [4.69, 9.17) is 21.1 Å². The minimum absolute atomic E-state index is 0.101. The molecule has 2 aliphatic rings. The van der Waals surface area contributed by atoms with Crippen LogP contribution in [0.2, 0.25) is 5.02 Å². The number of amides is 1. The van der Waals surface area contributed by atoms with E-state index in [-0.39, 0.29) is 23.6 Å². The van der Waals surface area contributed by atoms with Crippen molar-refractivity contribution in [2.45, 2.75) is 25.9 Å². The molecule has 2 aromatic carbocycles. The lowest BCUT2D eigenvalue weighted by atomic mass is 10.1. The van der Waals surface area contributed by atoms with Crippen LogP contribution in [0.25, 0.3) is 10.9 Å². The number of fused-ring (bicyclic) bond motifs is 1. The SMILES string of the molecule is O=C(c1c[nH]c2ccc(CN3CCOCC3)cc2c1=O)N(COCCN1CCCC1)Cc1ccc(Cl)cc1. The van der Waals surface area contributed by atoms with Crippen molar-refractivity contribution in [1.29, 1.82) is 0 Å². The van der Waals surface area contributed by atoms with E-state index < -0.39 is 0 Å². The summed E-state index contributed by atoms with van der Waals surface area (Å²) in [5.41, 5.74) is 2.50. The number of rotatable bonds is 10. The Kier molecular flexibility index (Phi) is 9.09. The predicted molar refractivity (Wildman–Crippen MR) is 148 cm³/mol. The quantitative estimate of drug-likeness (QED) is 0.313. The average Bonchev–Trinajstić information content (AvgIpc) is 3.46. The van der Waals surface area contributed by atoms with Crippen molar-refractivity contribution in [1.82, 2.24) is 19.7 Å². The maximum Gasteiger partial charge on any atom is 0.261 e. The van der Waals surface area contributed by atoms with Gasteiger partial charge < -0.3 is 24.3 Å². The second kappa shape index (κ2) is 12.9. The number of pyridine rings is 1. The van der Waals surface area contributed by atoms with Gasteiger partial charge in [0, 0.05) is 54.8 Å². The van der Waals surface area contributed by atoms with Crippen LogP contribution in [-0.4, -0.2) is 84.9 Å². The van der Waals surface area contributed by atoms with E-state index in [9.17, 15) is 9.59 Å². The molecule has 9 heteroatoms. The number of aromatic amines is 1. The molecule has 1 aromatic heterocycles. The number of nitrogens with zero attached hydrogens (tertiary/aromatic N) is 3. The highest BCUT2D eigenvalue weighted by molar-refractivity contribution is 6.30. The molecule has 2 saturated heterocycles. The molecule has 1 amide bonds. The van der Waals surface area contributed by atoms with Crippen molar-refractivity contribution in [2.75, 3.05) is 59.3 Å². The van der Waals surface area contributed by atoms with Crippen molar-refractivity contribution >= 4 is 28.4 Å². The number of aromatic nitrogens is 1. The van der Waals surface area contributed by atoms with Gasteiger partial charge in [-0.05, 0) is 61.3 Å². The first-order valence-electron chi connectivity index (χ1n) is 13.3. The summed E-state index contributed by atoms with van der Waals surface area (Å²) in [6, 6.07) is 13.2. The first kappa shape index (κ1) is 26.8. The summed E-state index contributed by atoms with van der Waals surface area (Å²) in [5, 5.41) is 1.15. The van der Waals surface area contributed by atoms with E-state index in [0.29, 0.717) is 29.1 Å². The first-order chi connectivity index (χ1) is 18.6. The molecule has 202 valence electrons. The number of ether oxygens (including phenoxy) is 2. The third-order valence-electron chi connectivity index (χ3n) is 7.26. The third kappa shape index (κ3) is 6.81. The molecule has 1 N–H and O–H groups in total. The molecule has 2 fully saturated rings. The molecule has 3 heterocycles. The lowest BCUT2D eigenvalue weighted by Gasteiger charge is -2.26. The summed E-state index contributed by atoms with van der Waals surface area (Å²) in [6.07, 6.45) is 3.97. The van der Waals surface area contributed by atoms with Gasteiger partial charge in [-0.3, -0.25) is 14.5 Å². The van der Waals surface area contributed by atoms with Gasteiger partial charge in [0.15, 0.2) is 0 Å². The van der Waals surface area contributed by atoms with Gasteiger partial charge in [-0.2, -0.15) is 0 Å². The highest BCUT2D eigenvalue weighted by Gasteiger charge is 2.22. The van der Waals surface area contributed by atoms with Gasteiger partial charge in [0.05, 0.1) is 19.8 Å². The maximum atomic E-state index is 13.7. The van der Waals surface area contributed by atoms with Crippen LogP contribution < -0.4 is 5.43 Å². The summed E-state index contributed by atoms with van der Waals surface area (Å²) in [6.45, 7) is 7.88. The van der Waals surface area contributed by atoms with Crippen LogP contribution >= 0.6 is 11.6 Å². The van der Waals surface area contributed by atoms with Gasteiger partial charge in [-0.25, -0.2) is 0 Å². The van der Waals surface area contributed by atoms with Crippen LogP contribution in [0.5, 0.6) is 0 Å². The normalized spacial score (nSPS) is 16.8. The van der Waals surface area contributed by atoms with E-state index >= 15 is 0 Å². The topological polar surface area (TPSA) is 78.1 Å². The summed E-state index contributed by atoms with van der Waals surface area (Å²) >= 11 is 6.06. The number of hydrogen-bond acceptors (Lipinski definition) is 6. The number of nitrogens with one attached hydrogen (secondary N) is 1. The Morgan fingerprint density at radius 2 is 1.74 bits per heavy atom. The highest BCUT2D eigenvalue weighted by atomic mass is 35.5. The Labute approximate surface area is 228 Å².